The van der Waals surface area contributed by atoms with Gasteiger partial charge in [0.25, 0.3) is 11.7 Å². The Hall–Kier alpha value is -4.11. The molecule has 3 aromatic rings. The third-order valence-electron chi connectivity index (χ3n) is 7.16. The Morgan fingerprint density at radius 2 is 1.77 bits per heavy atom. The number of para-hydroxylation sites is 1. The molecule has 9 heteroatoms. The van der Waals surface area contributed by atoms with Crippen LogP contribution < -0.4 is 9.47 Å². The van der Waals surface area contributed by atoms with Gasteiger partial charge in [0.2, 0.25) is 0 Å². The molecule has 39 heavy (non-hydrogen) atoms. The van der Waals surface area contributed by atoms with Gasteiger partial charge < -0.3 is 24.4 Å². The molecule has 1 atom stereocenters. The summed E-state index contributed by atoms with van der Waals surface area (Å²) in [5, 5.41) is 16.0. The fraction of sp³-hybridized carbons (Fsp3) is 0.367. The highest BCUT2D eigenvalue weighted by Gasteiger charge is 2.46. The van der Waals surface area contributed by atoms with Gasteiger partial charge >= 0.3 is 0 Å². The van der Waals surface area contributed by atoms with Crippen molar-refractivity contribution in [3.05, 3.63) is 77.1 Å². The van der Waals surface area contributed by atoms with Gasteiger partial charge in [-0.25, -0.2) is 4.68 Å². The van der Waals surface area contributed by atoms with E-state index in [9.17, 15) is 14.7 Å². The summed E-state index contributed by atoms with van der Waals surface area (Å²) in [7, 11) is 1.54. The normalized spacial score (nSPS) is 16.8. The zero-order valence-electron chi connectivity index (χ0n) is 23.2. The molecule has 4 rings (SSSR count). The van der Waals surface area contributed by atoms with Crippen molar-refractivity contribution >= 4 is 17.4 Å². The third-order valence-corrected chi connectivity index (χ3v) is 7.16. The quantitative estimate of drug-likeness (QED) is 0.223. The number of benzene rings is 2. The van der Waals surface area contributed by atoms with Gasteiger partial charge in [-0.05, 0) is 56.8 Å². The SMILES string of the molecule is CCOc1ccc(C2C(=C(O)c3cnn(-c4ccccc4)c3C)C(=O)C(=O)N2CCN(CC)CC)cc1OC. The van der Waals surface area contributed by atoms with Crippen molar-refractivity contribution in [1.29, 1.82) is 0 Å². The zero-order valence-corrected chi connectivity index (χ0v) is 23.2. The molecule has 1 fully saturated rings. The number of ether oxygens (including phenoxy) is 2. The summed E-state index contributed by atoms with van der Waals surface area (Å²) in [6.07, 6.45) is 1.52. The smallest absolute Gasteiger partial charge is 0.295 e. The van der Waals surface area contributed by atoms with Crippen LogP contribution in [0.2, 0.25) is 0 Å². The minimum absolute atomic E-state index is 0.0291. The second kappa shape index (κ2) is 12.2. The van der Waals surface area contributed by atoms with Crippen LogP contribution in [0.3, 0.4) is 0 Å². The number of rotatable bonds is 11. The molecule has 2 heterocycles. The summed E-state index contributed by atoms with van der Waals surface area (Å²) >= 11 is 0. The average molecular weight is 533 g/mol. The first-order valence-electron chi connectivity index (χ1n) is 13.3. The topological polar surface area (TPSA) is 97.1 Å². The molecule has 0 bridgehead atoms. The van der Waals surface area contributed by atoms with E-state index in [0.29, 0.717) is 48.0 Å². The summed E-state index contributed by atoms with van der Waals surface area (Å²) in [4.78, 5) is 30.6. The van der Waals surface area contributed by atoms with Gasteiger partial charge in [0.15, 0.2) is 11.5 Å². The lowest BCUT2D eigenvalue weighted by Crippen LogP contribution is -2.38. The van der Waals surface area contributed by atoms with Crippen molar-refractivity contribution in [2.75, 3.05) is 39.9 Å². The van der Waals surface area contributed by atoms with Gasteiger partial charge in [-0.2, -0.15) is 5.10 Å². The second-order valence-electron chi connectivity index (χ2n) is 9.25. The Balaban J connectivity index is 1.85. The van der Waals surface area contributed by atoms with Crippen LogP contribution in [0.1, 0.15) is 43.6 Å². The highest BCUT2D eigenvalue weighted by atomic mass is 16.5. The molecular weight excluding hydrogens is 496 g/mol. The molecule has 0 radical (unpaired) electrons. The lowest BCUT2D eigenvalue weighted by Gasteiger charge is -2.28. The molecule has 1 amide bonds. The predicted octanol–water partition coefficient (Wildman–Crippen LogP) is 4.35. The van der Waals surface area contributed by atoms with Crippen LogP contribution in [0.5, 0.6) is 11.5 Å². The standard InChI is InChI=1S/C30H36N4O5/c1-6-32(7-2)16-17-33-27(21-14-15-24(39-8-3)25(18-21)38-5)26(29(36)30(33)37)28(35)23-19-31-34(20(23)4)22-12-10-9-11-13-22/h9-15,18-19,27,35H,6-8,16-17H2,1-5H3. The lowest BCUT2D eigenvalue weighted by molar-refractivity contribution is -0.140. The summed E-state index contributed by atoms with van der Waals surface area (Å²) in [5.41, 5.74) is 2.53. The first kappa shape index (κ1) is 27.9. The molecule has 2 aromatic carbocycles. The molecule has 9 nitrogen and oxygen atoms in total. The van der Waals surface area contributed by atoms with E-state index in [-0.39, 0.29) is 11.3 Å². The van der Waals surface area contributed by atoms with Gasteiger partial charge in [0, 0.05) is 13.1 Å². The van der Waals surface area contributed by atoms with E-state index in [2.05, 4.69) is 23.8 Å². The number of aliphatic hydroxyl groups excluding tert-OH is 1. The second-order valence-corrected chi connectivity index (χ2v) is 9.25. The molecule has 1 aliphatic heterocycles. The Labute approximate surface area is 229 Å². The first-order chi connectivity index (χ1) is 18.9. The molecule has 1 N–H and O–H groups in total. The van der Waals surface area contributed by atoms with Crippen LogP contribution in [0, 0.1) is 6.92 Å². The third kappa shape index (κ3) is 5.40. The maximum Gasteiger partial charge on any atom is 0.295 e. The highest BCUT2D eigenvalue weighted by Crippen LogP contribution is 2.42. The average Bonchev–Trinajstić information content (AvgIpc) is 3.46. The van der Waals surface area contributed by atoms with Crippen molar-refractivity contribution in [2.24, 2.45) is 0 Å². The van der Waals surface area contributed by atoms with E-state index in [4.69, 9.17) is 9.47 Å². The fourth-order valence-electron chi connectivity index (χ4n) is 4.99. The number of amides is 1. The number of ketones is 1. The predicted molar refractivity (Wildman–Crippen MR) is 149 cm³/mol. The van der Waals surface area contributed by atoms with Crippen LogP contribution in [-0.4, -0.2) is 76.3 Å². The first-order valence-corrected chi connectivity index (χ1v) is 13.3. The molecule has 1 aromatic heterocycles. The minimum Gasteiger partial charge on any atom is -0.507 e. The molecule has 1 unspecified atom stereocenters. The molecular formula is C30H36N4O5. The van der Waals surface area contributed by atoms with E-state index in [1.54, 1.807) is 23.9 Å². The number of Topliss-reactive ketones (excluding diaryl/α,β-unsaturated/α-hetero) is 1. The molecule has 0 spiro atoms. The van der Waals surface area contributed by atoms with Gasteiger partial charge in [0.1, 0.15) is 5.76 Å². The monoisotopic (exact) mass is 532 g/mol. The molecule has 206 valence electrons. The molecule has 1 aliphatic rings. The number of carbonyl (C=O) groups excluding carboxylic acids is 2. The van der Waals surface area contributed by atoms with E-state index in [1.807, 2.05) is 50.2 Å². The van der Waals surface area contributed by atoms with Crippen LogP contribution in [0.4, 0.5) is 0 Å². The van der Waals surface area contributed by atoms with Crippen LogP contribution in [-0.2, 0) is 9.59 Å². The van der Waals surface area contributed by atoms with E-state index < -0.39 is 17.7 Å². The van der Waals surface area contributed by atoms with Crippen LogP contribution in [0.25, 0.3) is 11.4 Å². The Morgan fingerprint density at radius 1 is 1.05 bits per heavy atom. The number of aromatic nitrogens is 2. The number of hydrogen-bond acceptors (Lipinski definition) is 7. The number of aliphatic hydroxyl groups is 1. The summed E-state index contributed by atoms with van der Waals surface area (Å²) in [6, 6.07) is 14.1. The Morgan fingerprint density at radius 3 is 2.41 bits per heavy atom. The number of likely N-dealkylation sites (tertiary alicyclic amines) is 1. The number of nitrogens with zero attached hydrogens (tertiary/aromatic N) is 4. The number of carbonyl (C=O) groups is 2. The van der Waals surface area contributed by atoms with Crippen LogP contribution >= 0.6 is 0 Å². The summed E-state index contributed by atoms with van der Waals surface area (Å²) in [6.45, 7) is 10.8. The molecule has 0 saturated carbocycles. The Bertz CT molecular complexity index is 1360. The molecule has 0 aliphatic carbocycles. The van der Waals surface area contributed by atoms with E-state index in [1.165, 1.54) is 11.1 Å². The van der Waals surface area contributed by atoms with Gasteiger partial charge in [-0.1, -0.05) is 38.1 Å². The summed E-state index contributed by atoms with van der Waals surface area (Å²) < 4.78 is 12.9. The zero-order chi connectivity index (χ0) is 28.1. The lowest BCUT2D eigenvalue weighted by atomic mass is 9.95. The Kier molecular flexibility index (Phi) is 8.71. The van der Waals surface area contributed by atoms with Crippen molar-refractivity contribution in [3.63, 3.8) is 0 Å². The van der Waals surface area contributed by atoms with Gasteiger partial charge in [-0.15, -0.1) is 0 Å². The van der Waals surface area contributed by atoms with Gasteiger partial charge in [-0.3, -0.25) is 9.59 Å². The number of likely N-dealkylation sites (N-methyl/N-ethyl adjacent to an activating group) is 1. The van der Waals surface area contributed by atoms with Crippen molar-refractivity contribution in [3.8, 4) is 17.2 Å². The number of methoxy groups -OCH3 is 1. The van der Waals surface area contributed by atoms with Crippen LogP contribution in [0.15, 0.2) is 60.3 Å². The van der Waals surface area contributed by atoms with E-state index in [0.717, 1.165) is 18.8 Å². The van der Waals surface area contributed by atoms with Crippen molar-refractivity contribution in [1.82, 2.24) is 19.6 Å². The largest absolute Gasteiger partial charge is 0.507 e. The number of hydrogen-bond donors (Lipinski definition) is 1. The van der Waals surface area contributed by atoms with Crippen molar-refractivity contribution in [2.45, 2.75) is 33.7 Å². The maximum absolute atomic E-state index is 13.5. The van der Waals surface area contributed by atoms with E-state index >= 15 is 0 Å². The highest BCUT2D eigenvalue weighted by molar-refractivity contribution is 6.46. The van der Waals surface area contributed by atoms with Gasteiger partial charge in [0.05, 0.1) is 48.5 Å². The fourth-order valence-corrected chi connectivity index (χ4v) is 4.99. The molecule has 1 saturated heterocycles. The maximum atomic E-state index is 13.5. The summed E-state index contributed by atoms with van der Waals surface area (Å²) in [5.74, 6) is -0.580. The van der Waals surface area contributed by atoms with Crippen molar-refractivity contribution < 1.29 is 24.2 Å². The minimum atomic E-state index is -0.801.